The van der Waals surface area contributed by atoms with E-state index in [4.69, 9.17) is 19.3 Å². The molecule has 0 aliphatic carbocycles. The fraction of sp³-hybridized carbons (Fsp3) is 0.429. The van der Waals surface area contributed by atoms with E-state index in [-0.39, 0.29) is 19.4 Å². The lowest BCUT2D eigenvalue weighted by Crippen LogP contribution is -2.29. The summed E-state index contributed by atoms with van der Waals surface area (Å²) in [5.74, 6) is -1.04. The third-order valence-electron chi connectivity index (χ3n) is 5.51. The summed E-state index contributed by atoms with van der Waals surface area (Å²) in [6.45, 7) is 3.24. The Morgan fingerprint density at radius 3 is 1.55 bits per heavy atom. The predicted octanol–water partition coefficient (Wildman–Crippen LogP) is 8.50. The SMILES string of the molecule is CC/C=C/C=C/C=C/C=C/C=C/CCCC(=O)OCC(COP(=O)(O)O)OC(=O)CCCCC/C=C/C=C/C=C/C=C/CC. The van der Waals surface area contributed by atoms with Crippen LogP contribution in [0, 0.1) is 0 Å². The van der Waals surface area contributed by atoms with Crippen LogP contribution in [0.4, 0.5) is 0 Å². The number of ether oxygens (including phenoxy) is 2. The van der Waals surface area contributed by atoms with Gasteiger partial charge in [-0.2, -0.15) is 0 Å². The number of esters is 2. The lowest BCUT2D eigenvalue weighted by Gasteiger charge is -2.18. The number of hydrogen-bond acceptors (Lipinski definition) is 6. The molecule has 0 bridgehead atoms. The van der Waals surface area contributed by atoms with Gasteiger partial charge < -0.3 is 19.3 Å². The molecule has 1 unspecified atom stereocenters. The van der Waals surface area contributed by atoms with Crippen LogP contribution in [0.15, 0.2) is 109 Å². The Hall–Kier alpha value is -3.29. The number of carbonyl (C=O) groups is 2. The van der Waals surface area contributed by atoms with Crippen molar-refractivity contribution in [2.45, 2.75) is 84.2 Å². The van der Waals surface area contributed by atoms with Gasteiger partial charge in [-0.1, -0.05) is 130 Å². The molecule has 0 amide bonds. The van der Waals surface area contributed by atoms with Crippen LogP contribution in [0.1, 0.15) is 78.1 Å². The zero-order chi connectivity index (χ0) is 32.6. The summed E-state index contributed by atoms with van der Waals surface area (Å²) in [5.41, 5.74) is 0. The molecule has 0 saturated carbocycles. The monoisotopic (exact) mass is 630 g/mol. The van der Waals surface area contributed by atoms with E-state index in [2.05, 4.69) is 36.6 Å². The molecule has 8 nitrogen and oxygen atoms in total. The zero-order valence-electron chi connectivity index (χ0n) is 26.2. The highest BCUT2D eigenvalue weighted by Gasteiger charge is 2.22. The van der Waals surface area contributed by atoms with E-state index in [0.29, 0.717) is 19.3 Å². The molecule has 1 atom stereocenters. The van der Waals surface area contributed by atoms with E-state index in [1.54, 1.807) is 0 Å². The highest BCUT2D eigenvalue weighted by Crippen LogP contribution is 2.35. The molecule has 0 fully saturated rings. The Labute approximate surface area is 264 Å². The van der Waals surface area contributed by atoms with Crippen molar-refractivity contribution in [2.75, 3.05) is 13.2 Å². The number of hydrogen-bond donors (Lipinski definition) is 2. The summed E-state index contributed by atoms with van der Waals surface area (Å²) in [6.07, 6.45) is 41.1. The molecule has 0 spiro atoms. The van der Waals surface area contributed by atoms with Crippen LogP contribution in [0.3, 0.4) is 0 Å². The largest absolute Gasteiger partial charge is 0.469 e. The molecule has 0 heterocycles. The second-order valence-electron chi connectivity index (χ2n) is 9.53. The minimum Gasteiger partial charge on any atom is -0.462 e. The summed E-state index contributed by atoms with van der Waals surface area (Å²) in [7, 11) is -4.78. The Morgan fingerprint density at radius 2 is 1.05 bits per heavy atom. The maximum atomic E-state index is 12.3. The lowest BCUT2D eigenvalue weighted by molar-refractivity contribution is -0.161. The Morgan fingerprint density at radius 1 is 0.591 bits per heavy atom. The third kappa shape index (κ3) is 31.6. The average molecular weight is 631 g/mol. The van der Waals surface area contributed by atoms with E-state index in [9.17, 15) is 14.2 Å². The van der Waals surface area contributed by atoms with Gasteiger partial charge in [0.15, 0.2) is 6.10 Å². The maximum absolute atomic E-state index is 12.3. The molecule has 0 aromatic heterocycles. The van der Waals surface area contributed by atoms with Gasteiger partial charge in [-0.15, -0.1) is 0 Å². The van der Waals surface area contributed by atoms with Crippen molar-refractivity contribution in [1.29, 1.82) is 0 Å². The molecule has 0 radical (unpaired) electrons. The first-order valence-electron chi connectivity index (χ1n) is 15.3. The third-order valence-corrected chi connectivity index (χ3v) is 5.99. The van der Waals surface area contributed by atoms with E-state index < -0.39 is 32.5 Å². The van der Waals surface area contributed by atoms with E-state index in [0.717, 1.165) is 32.1 Å². The molecule has 44 heavy (non-hydrogen) atoms. The number of carbonyl (C=O) groups excluding carboxylic acids is 2. The van der Waals surface area contributed by atoms with Gasteiger partial charge in [0.2, 0.25) is 0 Å². The summed E-state index contributed by atoms with van der Waals surface area (Å²) < 4.78 is 26.0. The second kappa shape index (κ2) is 29.8. The normalized spacial score (nSPS) is 14.0. The second-order valence-corrected chi connectivity index (χ2v) is 10.8. The number of phosphoric ester groups is 1. The minimum atomic E-state index is -4.78. The standard InChI is InChI=1S/C35H51O8P/c1-3-5-7-9-11-13-15-17-19-21-23-25-27-29-34(36)41-31-33(32-42-44(38,39)40)43-35(37)30-28-26-24-22-20-18-16-14-12-10-8-6-4-2/h5-21,23,33H,3-4,22,24-32H2,1-2H3,(H2,38,39,40)/b7-5+,8-6+,11-9+,12-10+,15-13+,16-14+,19-17+,20-18+,23-21+. The Kier molecular flexibility index (Phi) is 27.5. The molecule has 0 aliphatic heterocycles. The summed E-state index contributed by atoms with van der Waals surface area (Å²) >= 11 is 0. The first-order chi connectivity index (χ1) is 21.3. The minimum absolute atomic E-state index is 0.142. The number of unbranched alkanes of at least 4 members (excludes halogenated alkanes) is 4. The van der Waals surface area contributed by atoms with Crippen LogP contribution in [0.25, 0.3) is 0 Å². The topological polar surface area (TPSA) is 119 Å². The molecular formula is C35H51O8P. The maximum Gasteiger partial charge on any atom is 0.469 e. The van der Waals surface area contributed by atoms with Crippen molar-refractivity contribution >= 4 is 19.8 Å². The van der Waals surface area contributed by atoms with Crippen molar-refractivity contribution in [2.24, 2.45) is 0 Å². The predicted molar refractivity (Wildman–Crippen MR) is 179 cm³/mol. The Balaban J connectivity index is 4.32. The van der Waals surface area contributed by atoms with Crippen LogP contribution in [-0.4, -0.2) is 41.0 Å². The quantitative estimate of drug-likeness (QED) is 0.0446. The molecule has 244 valence electrons. The first kappa shape index (κ1) is 40.7. The van der Waals surface area contributed by atoms with Crippen molar-refractivity contribution in [1.82, 2.24) is 0 Å². The summed E-state index contributed by atoms with van der Waals surface area (Å²) in [5, 5.41) is 0. The van der Waals surface area contributed by atoms with Crippen molar-refractivity contribution in [3.8, 4) is 0 Å². The van der Waals surface area contributed by atoms with E-state index >= 15 is 0 Å². The molecule has 0 aromatic carbocycles. The van der Waals surface area contributed by atoms with Gasteiger partial charge in [-0.05, 0) is 44.9 Å². The van der Waals surface area contributed by atoms with Gasteiger partial charge in [0, 0.05) is 12.8 Å². The van der Waals surface area contributed by atoms with Crippen LogP contribution in [0.5, 0.6) is 0 Å². The smallest absolute Gasteiger partial charge is 0.462 e. The van der Waals surface area contributed by atoms with Crippen LogP contribution >= 0.6 is 7.82 Å². The molecule has 0 rings (SSSR count). The van der Waals surface area contributed by atoms with E-state index in [1.165, 1.54) is 0 Å². The highest BCUT2D eigenvalue weighted by molar-refractivity contribution is 7.46. The van der Waals surface area contributed by atoms with Crippen molar-refractivity contribution in [3.05, 3.63) is 109 Å². The number of rotatable bonds is 25. The van der Waals surface area contributed by atoms with Gasteiger partial charge in [-0.3, -0.25) is 14.1 Å². The summed E-state index contributed by atoms with van der Waals surface area (Å²) in [4.78, 5) is 42.4. The number of allylic oxidation sites excluding steroid dienone is 18. The fourth-order valence-electron chi connectivity index (χ4n) is 3.29. The molecule has 0 aromatic rings. The summed E-state index contributed by atoms with van der Waals surface area (Å²) in [6, 6.07) is 0. The van der Waals surface area contributed by atoms with Crippen LogP contribution < -0.4 is 0 Å². The van der Waals surface area contributed by atoms with Crippen LogP contribution in [0.2, 0.25) is 0 Å². The first-order valence-corrected chi connectivity index (χ1v) is 16.8. The molecular weight excluding hydrogens is 579 g/mol. The van der Waals surface area contributed by atoms with Gasteiger partial charge in [0.05, 0.1) is 6.61 Å². The number of phosphoric acid groups is 1. The Bertz CT molecular complexity index is 1070. The van der Waals surface area contributed by atoms with Crippen molar-refractivity contribution in [3.63, 3.8) is 0 Å². The molecule has 2 N–H and O–H groups in total. The van der Waals surface area contributed by atoms with Crippen LogP contribution in [-0.2, 0) is 28.2 Å². The molecule has 0 aliphatic rings. The van der Waals surface area contributed by atoms with Gasteiger partial charge in [0.1, 0.15) is 6.61 Å². The van der Waals surface area contributed by atoms with Crippen molar-refractivity contribution < 1.29 is 37.9 Å². The van der Waals surface area contributed by atoms with Gasteiger partial charge >= 0.3 is 19.8 Å². The fourth-order valence-corrected chi connectivity index (χ4v) is 3.65. The lowest BCUT2D eigenvalue weighted by atomic mass is 10.1. The molecule has 0 saturated heterocycles. The zero-order valence-corrected chi connectivity index (χ0v) is 27.1. The van der Waals surface area contributed by atoms with Gasteiger partial charge in [0.25, 0.3) is 0 Å². The molecule has 9 heteroatoms. The van der Waals surface area contributed by atoms with E-state index in [1.807, 2.05) is 91.1 Å². The highest BCUT2D eigenvalue weighted by atomic mass is 31.2. The van der Waals surface area contributed by atoms with Gasteiger partial charge in [-0.25, -0.2) is 4.57 Å². The average Bonchev–Trinajstić information content (AvgIpc) is 2.98.